The number of rotatable bonds is 5. The first-order valence-electron chi connectivity index (χ1n) is 5.83. The van der Waals surface area contributed by atoms with Gasteiger partial charge >= 0.3 is 5.97 Å². The molecular formula is C12H16N2O3. The Morgan fingerprint density at radius 3 is 2.94 bits per heavy atom. The van der Waals surface area contributed by atoms with E-state index in [2.05, 4.69) is 14.7 Å². The van der Waals surface area contributed by atoms with Crippen LogP contribution in [0, 0.1) is 5.92 Å². The van der Waals surface area contributed by atoms with E-state index in [1.54, 1.807) is 0 Å². The van der Waals surface area contributed by atoms with Gasteiger partial charge in [0.25, 0.3) is 0 Å². The van der Waals surface area contributed by atoms with E-state index in [0.717, 1.165) is 12.3 Å². The molecule has 0 atom stereocenters. The van der Waals surface area contributed by atoms with Crippen molar-refractivity contribution >= 4 is 5.97 Å². The number of hydrogen-bond donors (Lipinski definition) is 0. The van der Waals surface area contributed by atoms with Crippen molar-refractivity contribution < 1.29 is 14.3 Å². The van der Waals surface area contributed by atoms with Gasteiger partial charge in [0, 0.05) is 0 Å². The maximum Gasteiger partial charge on any atom is 0.358 e. The molecule has 1 aromatic rings. The molecule has 0 aliphatic heterocycles. The quantitative estimate of drug-likeness (QED) is 0.730. The number of nitrogens with zero attached hydrogens (tertiary/aromatic N) is 2. The van der Waals surface area contributed by atoms with Crippen LogP contribution in [0.2, 0.25) is 0 Å². The molecule has 1 heterocycles. The summed E-state index contributed by atoms with van der Waals surface area (Å²) < 4.78 is 10.0. The van der Waals surface area contributed by atoms with E-state index in [4.69, 9.17) is 4.74 Å². The number of esters is 1. The Morgan fingerprint density at radius 1 is 1.47 bits per heavy atom. The predicted molar refractivity (Wildman–Crippen MR) is 60.8 cm³/mol. The summed E-state index contributed by atoms with van der Waals surface area (Å²) in [6, 6.07) is 0. The number of ether oxygens (including phenoxy) is 2. The molecule has 0 bridgehead atoms. The Hall–Kier alpha value is -1.65. The molecule has 5 nitrogen and oxygen atoms in total. The van der Waals surface area contributed by atoms with Gasteiger partial charge in [-0.05, 0) is 12.3 Å². The maximum absolute atomic E-state index is 11.2. The summed E-state index contributed by atoms with van der Waals surface area (Å²) in [5, 5.41) is 0. The number of carbonyl (C=O) groups is 1. The highest BCUT2D eigenvalue weighted by Gasteiger charge is 2.17. The third kappa shape index (κ3) is 3.15. The van der Waals surface area contributed by atoms with Gasteiger partial charge in [-0.1, -0.05) is 19.3 Å². The zero-order valence-corrected chi connectivity index (χ0v) is 9.89. The molecule has 17 heavy (non-hydrogen) atoms. The topological polar surface area (TPSA) is 61.3 Å². The molecule has 0 unspecified atom stereocenters. The van der Waals surface area contributed by atoms with Gasteiger partial charge in [-0.25, -0.2) is 9.78 Å². The lowest BCUT2D eigenvalue weighted by molar-refractivity contribution is 0.0592. The van der Waals surface area contributed by atoms with Gasteiger partial charge in [0.15, 0.2) is 5.69 Å². The average Bonchev–Trinajstić information content (AvgIpc) is 2.32. The first-order valence-corrected chi connectivity index (χ1v) is 5.83. The highest BCUT2D eigenvalue weighted by Crippen LogP contribution is 2.29. The Balaban J connectivity index is 1.84. The van der Waals surface area contributed by atoms with Gasteiger partial charge in [0.2, 0.25) is 5.88 Å². The summed E-state index contributed by atoms with van der Waals surface area (Å²) in [7, 11) is 1.31. The van der Waals surface area contributed by atoms with Crippen molar-refractivity contribution in [2.24, 2.45) is 5.92 Å². The zero-order valence-electron chi connectivity index (χ0n) is 9.89. The van der Waals surface area contributed by atoms with Crippen molar-refractivity contribution in [3.63, 3.8) is 0 Å². The third-order valence-corrected chi connectivity index (χ3v) is 3.01. The normalized spacial score (nSPS) is 15.1. The summed E-state index contributed by atoms with van der Waals surface area (Å²) in [5.41, 5.74) is 0.175. The van der Waals surface area contributed by atoms with Crippen LogP contribution in [0.15, 0.2) is 12.4 Å². The Labute approximate surface area is 100 Å². The SMILES string of the molecule is COC(=O)c1cncc(OCCC2CCC2)n1. The van der Waals surface area contributed by atoms with Crippen molar-refractivity contribution in [3.05, 3.63) is 18.1 Å². The predicted octanol–water partition coefficient (Wildman–Crippen LogP) is 1.83. The van der Waals surface area contributed by atoms with Crippen LogP contribution < -0.4 is 4.74 Å². The maximum atomic E-state index is 11.2. The summed E-state index contributed by atoms with van der Waals surface area (Å²) in [5.74, 6) is 0.681. The molecule has 5 heteroatoms. The van der Waals surface area contributed by atoms with Gasteiger partial charge in [-0.15, -0.1) is 0 Å². The molecule has 0 saturated heterocycles. The molecule has 1 aliphatic rings. The van der Waals surface area contributed by atoms with Crippen molar-refractivity contribution in [1.82, 2.24) is 9.97 Å². The highest BCUT2D eigenvalue weighted by atomic mass is 16.5. The van der Waals surface area contributed by atoms with E-state index in [1.807, 2.05) is 0 Å². The average molecular weight is 236 g/mol. The molecular weight excluding hydrogens is 220 g/mol. The Bertz CT molecular complexity index is 391. The van der Waals surface area contributed by atoms with Crippen molar-refractivity contribution in [2.45, 2.75) is 25.7 Å². The number of methoxy groups -OCH3 is 1. The lowest BCUT2D eigenvalue weighted by atomic mass is 9.83. The summed E-state index contributed by atoms with van der Waals surface area (Å²) in [4.78, 5) is 19.1. The van der Waals surface area contributed by atoms with Crippen LogP contribution in [0.25, 0.3) is 0 Å². The fraction of sp³-hybridized carbons (Fsp3) is 0.583. The zero-order chi connectivity index (χ0) is 12.1. The molecule has 1 fully saturated rings. The van der Waals surface area contributed by atoms with Crippen LogP contribution in [0.5, 0.6) is 5.88 Å². The second-order valence-corrected chi connectivity index (χ2v) is 4.17. The smallest absolute Gasteiger partial charge is 0.358 e. The van der Waals surface area contributed by atoms with Crippen LogP contribution in [-0.2, 0) is 4.74 Å². The fourth-order valence-electron chi connectivity index (χ4n) is 1.73. The number of carbonyl (C=O) groups excluding carboxylic acids is 1. The van der Waals surface area contributed by atoms with E-state index in [-0.39, 0.29) is 5.69 Å². The molecule has 1 aromatic heterocycles. The van der Waals surface area contributed by atoms with Crippen LogP contribution in [0.3, 0.4) is 0 Å². The second-order valence-electron chi connectivity index (χ2n) is 4.17. The molecule has 92 valence electrons. The largest absolute Gasteiger partial charge is 0.477 e. The van der Waals surface area contributed by atoms with Crippen LogP contribution in [0.1, 0.15) is 36.2 Å². The van der Waals surface area contributed by atoms with Crippen molar-refractivity contribution in [1.29, 1.82) is 0 Å². The van der Waals surface area contributed by atoms with Gasteiger partial charge in [0.05, 0.1) is 26.1 Å². The van der Waals surface area contributed by atoms with E-state index < -0.39 is 5.97 Å². The third-order valence-electron chi connectivity index (χ3n) is 3.01. The minimum absolute atomic E-state index is 0.175. The summed E-state index contributed by atoms with van der Waals surface area (Å²) in [6.45, 7) is 0.629. The second kappa shape index (κ2) is 5.61. The molecule has 0 amide bonds. The first kappa shape index (κ1) is 11.8. The molecule has 2 rings (SSSR count). The molecule has 0 N–H and O–H groups in total. The van der Waals surface area contributed by atoms with Crippen LogP contribution in [0.4, 0.5) is 0 Å². The number of aromatic nitrogens is 2. The van der Waals surface area contributed by atoms with E-state index in [9.17, 15) is 4.79 Å². The van der Waals surface area contributed by atoms with Crippen LogP contribution in [-0.4, -0.2) is 29.7 Å². The Kier molecular flexibility index (Phi) is 3.90. The van der Waals surface area contributed by atoms with Gasteiger partial charge in [0.1, 0.15) is 0 Å². The molecule has 0 radical (unpaired) electrons. The Morgan fingerprint density at radius 2 is 2.29 bits per heavy atom. The summed E-state index contributed by atoms with van der Waals surface area (Å²) >= 11 is 0. The molecule has 1 aliphatic carbocycles. The molecule has 1 saturated carbocycles. The standard InChI is InChI=1S/C12H16N2O3/c1-16-12(15)10-7-13-8-11(14-10)17-6-5-9-3-2-4-9/h7-9H,2-6H2,1H3. The lowest BCUT2D eigenvalue weighted by Crippen LogP contribution is -2.15. The van der Waals surface area contributed by atoms with Crippen molar-refractivity contribution in [3.8, 4) is 5.88 Å². The summed E-state index contributed by atoms with van der Waals surface area (Å²) in [6.07, 6.45) is 7.86. The molecule has 0 aromatic carbocycles. The van der Waals surface area contributed by atoms with Crippen molar-refractivity contribution in [2.75, 3.05) is 13.7 Å². The highest BCUT2D eigenvalue weighted by molar-refractivity contribution is 5.86. The van der Waals surface area contributed by atoms with Gasteiger partial charge in [-0.3, -0.25) is 4.98 Å². The minimum atomic E-state index is -0.498. The van der Waals surface area contributed by atoms with E-state index >= 15 is 0 Å². The van der Waals surface area contributed by atoms with E-state index in [0.29, 0.717) is 12.5 Å². The lowest BCUT2D eigenvalue weighted by Gasteiger charge is -2.24. The fourth-order valence-corrected chi connectivity index (χ4v) is 1.73. The first-order chi connectivity index (χ1) is 8.29. The van der Waals surface area contributed by atoms with Crippen LogP contribution >= 0.6 is 0 Å². The van der Waals surface area contributed by atoms with E-state index in [1.165, 1.54) is 38.8 Å². The van der Waals surface area contributed by atoms with Gasteiger partial charge < -0.3 is 9.47 Å². The van der Waals surface area contributed by atoms with Gasteiger partial charge in [-0.2, -0.15) is 0 Å². The number of hydrogen-bond acceptors (Lipinski definition) is 5. The monoisotopic (exact) mass is 236 g/mol. The molecule has 0 spiro atoms. The minimum Gasteiger partial charge on any atom is -0.477 e.